The molecule has 8 nitrogen and oxygen atoms in total. The van der Waals surface area contributed by atoms with Crippen LogP contribution in [0.15, 0.2) is 35.1 Å². The van der Waals surface area contributed by atoms with Gasteiger partial charge in [-0.1, -0.05) is 18.2 Å². The maximum atomic E-state index is 13.2. The molecular weight excluding hydrogens is 406 g/mol. The number of carboxylic acid groups (broad SMARTS) is 1. The second-order valence-electron chi connectivity index (χ2n) is 6.78. The van der Waals surface area contributed by atoms with Gasteiger partial charge in [-0.15, -0.1) is 11.3 Å². The van der Waals surface area contributed by atoms with Crippen LogP contribution in [0, 0.1) is 6.92 Å². The van der Waals surface area contributed by atoms with E-state index in [9.17, 15) is 14.4 Å². The number of nitrogens with zero attached hydrogens (tertiary/aromatic N) is 2. The molecule has 0 bridgehead atoms. The standard InChI is InChI=1S/C21H23N3O5S/c1-13-17-20(30-18(13)19(27)22-14-7-4-3-5-8-14)23-15(10-12-29-2)24(21(17)28)11-6-9-16(25)26/h3-5,7-8H,6,9-12H2,1-2H3,(H,22,27)(H,25,26). The predicted octanol–water partition coefficient (Wildman–Crippen LogP) is 3.07. The van der Waals surface area contributed by atoms with Gasteiger partial charge in [0, 0.05) is 32.2 Å². The lowest BCUT2D eigenvalue weighted by Gasteiger charge is -2.12. The van der Waals surface area contributed by atoms with Crippen LogP contribution in [-0.4, -0.2) is 40.3 Å². The Bertz CT molecular complexity index is 1120. The van der Waals surface area contributed by atoms with Gasteiger partial charge in [-0.3, -0.25) is 19.0 Å². The molecule has 1 aromatic carbocycles. The Hall–Kier alpha value is -3.04. The van der Waals surface area contributed by atoms with Crippen molar-refractivity contribution >= 4 is 39.1 Å². The van der Waals surface area contributed by atoms with Gasteiger partial charge in [-0.05, 0) is 31.0 Å². The van der Waals surface area contributed by atoms with Crippen molar-refractivity contribution in [3.8, 4) is 0 Å². The molecule has 0 aliphatic rings. The molecule has 0 aliphatic heterocycles. The van der Waals surface area contributed by atoms with Crippen LogP contribution in [-0.2, 0) is 22.5 Å². The third kappa shape index (κ3) is 4.74. The van der Waals surface area contributed by atoms with Crippen LogP contribution in [0.4, 0.5) is 5.69 Å². The highest BCUT2D eigenvalue weighted by molar-refractivity contribution is 7.20. The Morgan fingerprint density at radius 3 is 2.67 bits per heavy atom. The first-order valence-electron chi connectivity index (χ1n) is 9.52. The van der Waals surface area contributed by atoms with Crippen molar-refractivity contribution in [2.24, 2.45) is 0 Å². The maximum absolute atomic E-state index is 13.2. The van der Waals surface area contributed by atoms with Gasteiger partial charge in [-0.2, -0.15) is 0 Å². The molecular formula is C21H23N3O5S. The van der Waals surface area contributed by atoms with E-state index in [1.165, 1.54) is 15.9 Å². The number of nitrogens with one attached hydrogen (secondary N) is 1. The quantitative estimate of drug-likeness (QED) is 0.541. The zero-order chi connectivity index (χ0) is 21.7. The molecule has 0 atom stereocenters. The molecule has 0 saturated heterocycles. The number of fused-ring (bicyclic) bond motifs is 1. The number of hydrogen-bond donors (Lipinski definition) is 2. The Kier molecular flexibility index (Phi) is 6.96. The largest absolute Gasteiger partial charge is 0.481 e. The Morgan fingerprint density at radius 2 is 2.00 bits per heavy atom. The summed E-state index contributed by atoms with van der Waals surface area (Å²) in [5, 5.41) is 12.1. The van der Waals surface area contributed by atoms with E-state index in [1.54, 1.807) is 26.2 Å². The van der Waals surface area contributed by atoms with Crippen LogP contribution in [0.2, 0.25) is 0 Å². The number of rotatable bonds is 9. The number of benzene rings is 1. The molecule has 1 amide bonds. The Morgan fingerprint density at radius 1 is 1.27 bits per heavy atom. The van der Waals surface area contributed by atoms with E-state index in [0.717, 1.165) is 0 Å². The number of aryl methyl sites for hydroxylation is 1. The molecule has 0 unspecified atom stereocenters. The number of carbonyl (C=O) groups is 2. The van der Waals surface area contributed by atoms with Crippen LogP contribution < -0.4 is 10.9 Å². The van der Waals surface area contributed by atoms with Crippen molar-refractivity contribution in [3.63, 3.8) is 0 Å². The molecule has 2 aromatic heterocycles. The number of ether oxygens (including phenoxy) is 1. The number of anilines is 1. The molecule has 0 saturated carbocycles. The van der Waals surface area contributed by atoms with Crippen molar-refractivity contribution in [2.45, 2.75) is 32.7 Å². The Balaban J connectivity index is 2.01. The lowest BCUT2D eigenvalue weighted by Crippen LogP contribution is -2.26. The fourth-order valence-corrected chi connectivity index (χ4v) is 4.27. The molecule has 0 aliphatic carbocycles. The first-order valence-corrected chi connectivity index (χ1v) is 10.3. The minimum Gasteiger partial charge on any atom is -0.481 e. The number of amides is 1. The van der Waals surface area contributed by atoms with Crippen molar-refractivity contribution in [1.29, 1.82) is 0 Å². The molecule has 30 heavy (non-hydrogen) atoms. The summed E-state index contributed by atoms with van der Waals surface area (Å²) in [7, 11) is 1.56. The van der Waals surface area contributed by atoms with Crippen molar-refractivity contribution in [3.05, 3.63) is 57.0 Å². The number of hydrogen-bond acceptors (Lipinski definition) is 6. The van der Waals surface area contributed by atoms with E-state index < -0.39 is 5.97 Å². The second-order valence-corrected chi connectivity index (χ2v) is 7.78. The first-order chi connectivity index (χ1) is 14.4. The molecule has 3 rings (SSSR count). The number of carboxylic acids is 1. The topological polar surface area (TPSA) is 111 Å². The van der Waals surface area contributed by atoms with Gasteiger partial charge >= 0.3 is 5.97 Å². The normalized spacial score (nSPS) is 11.0. The number of para-hydroxylation sites is 1. The zero-order valence-electron chi connectivity index (χ0n) is 16.8. The van der Waals surface area contributed by atoms with Crippen molar-refractivity contribution in [2.75, 3.05) is 19.0 Å². The summed E-state index contributed by atoms with van der Waals surface area (Å²) in [6.45, 7) is 2.36. The second kappa shape index (κ2) is 9.64. The highest BCUT2D eigenvalue weighted by Crippen LogP contribution is 2.28. The molecule has 9 heteroatoms. The molecule has 2 heterocycles. The minimum absolute atomic E-state index is 0.0401. The van der Waals surface area contributed by atoms with Gasteiger partial charge in [0.25, 0.3) is 11.5 Å². The number of aliphatic carboxylic acids is 1. The van der Waals surface area contributed by atoms with Crippen LogP contribution in [0.1, 0.15) is 33.9 Å². The van der Waals surface area contributed by atoms with Gasteiger partial charge in [0.05, 0.1) is 16.9 Å². The van der Waals surface area contributed by atoms with Gasteiger partial charge < -0.3 is 15.2 Å². The summed E-state index contributed by atoms with van der Waals surface area (Å²) in [6.07, 6.45) is 0.686. The van der Waals surface area contributed by atoms with E-state index in [-0.39, 0.29) is 24.4 Å². The highest BCUT2D eigenvalue weighted by Gasteiger charge is 2.21. The lowest BCUT2D eigenvalue weighted by molar-refractivity contribution is -0.137. The SMILES string of the molecule is COCCc1nc2sc(C(=O)Nc3ccccc3)c(C)c2c(=O)n1CCCC(=O)O. The highest BCUT2D eigenvalue weighted by atomic mass is 32.1. The fraction of sp³-hybridized carbons (Fsp3) is 0.333. The molecule has 2 N–H and O–H groups in total. The first kappa shape index (κ1) is 21.7. The predicted molar refractivity (Wildman–Crippen MR) is 115 cm³/mol. The summed E-state index contributed by atoms with van der Waals surface area (Å²) >= 11 is 1.18. The van der Waals surface area contributed by atoms with Gasteiger partial charge in [-0.25, -0.2) is 4.98 Å². The Labute approximate surface area is 177 Å². The number of aromatic nitrogens is 2. The van der Waals surface area contributed by atoms with Crippen LogP contribution >= 0.6 is 11.3 Å². The zero-order valence-corrected chi connectivity index (χ0v) is 17.6. The number of carbonyl (C=O) groups excluding carboxylic acids is 1. The van der Waals surface area contributed by atoms with Gasteiger partial charge in [0.1, 0.15) is 10.7 Å². The lowest BCUT2D eigenvalue weighted by atomic mass is 10.2. The molecule has 158 valence electrons. The molecule has 0 fully saturated rings. The van der Waals surface area contributed by atoms with Gasteiger partial charge in [0.15, 0.2) is 0 Å². The molecule has 0 spiro atoms. The van der Waals surface area contributed by atoms with Gasteiger partial charge in [0.2, 0.25) is 0 Å². The van der Waals surface area contributed by atoms with E-state index in [2.05, 4.69) is 10.3 Å². The van der Waals surface area contributed by atoms with Crippen LogP contribution in [0.25, 0.3) is 10.2 Å². The van der Waals surface area contributed by atoms with Crippen LogP contribution in [0.5, 0.6) is 0 Å². The van der Waals surface area contributed by atoms with Crippen molar-refractivity contribution in [1.82, 2.24) is 9.55 Å². The summed E-state index contributed by atoms with van der Waals surface area (Å²) in [5.74, 6) is -0.685. The average molecular weight is 429 g/mol. The number of thiophene rings is 1. The summed E-state index contributed by atoms with van der Waals surface area (Å²) < 4.78 is 6.62. The monoisotopic (exact) mass is 429 g/mol. The summed E-state index contributed by atoms with van der Waals surface area (Å²) in [4.78, 5) is 42.4. The summed E-state index contributed by atoms with van der Waals surface area (Å²) in [5.41, 5.74) is 0.981. The maximum Gasteiger partial charge on any atom is 0.303 e. The minimum atomic E-state index is -0.915. The van der Waals surface area contributed by atoms with E-state index in [4.69, 9.17) is 9.84 Å². The van der Waals surface area contributed by atoms with E-state index in [1.807, 2.05) is 18.2 Å². The smallest absolute Gasteiger partial charge is 0.303 e. The fourth-order valence-electron chi connectivity index (χ4n) is 3.19. The number of methoxy groups -OCH3 is 1. The third-order valence-electron chi connectivity index (χ3n) is 4.67. The van der Waals surface area contributed by atoms with E-state index >= 15 is 0 Å². The van der Waals surface area contributed by atoms with E-state index in [0.29, 0.717) is 51.6 Å². The third-order valence-corrected chi connectivity index (χ3v) is 5.85. The molecule has 0 radical (unpaired) electrons. The van der Waals surface area contributed by atoms with Crippen molar-refractivity contribution < 1.29 is 19.4 Å². The summed E-state index contributed by atoms with van der Waals surface area (Å²) in [6, 6.07) is 9.09. The van der Waals surface area contributed by atoms with Crippen LogP contribution in [0.3, 0.4) is 0 Å². The molecule has 3 aromatic rings. The average Bonchev–Trinajstić information content (AvgIpc) is 3.05.